The van der Waals surface area contributed by atoms with Crippen molar-refractivity contribution in [2.75, 3.05) is 13.7 Å². The first kappa shape index (κ1) is 12.1. The quantitative estimate of drug-likeness (QED) is 0.861. The van der Waals surface area contributed by atoms with Gasteiger partial charge in [0.15, 0.2) is 0 Å². The van der Waals surface area contributed by atoms with Gasteiger partial charge in [0.2, 0.25) is 0 Å². The fourth-order valence-corrected chi connectivity index (χ4v) is 1.95. The van der Waals surface area contributed by atoms with Gasteiger partial charge in [-0.25, -0.2) is 4.52 Å². The van der Waals surface area contributed by atoms with Crippen molar-refractivity contribution in [2.24, 2.45) is 5.92 Å². The summed E-state index contributed by atoms with van der Waals surface area (Å²) in [4.78, 5) is 0. The molecule has 0 aliphatic carbocycles. The molecule has 0 amide bonds. The van der Waals surface area contributed by atoms with Gasteiger partial charge in [-0.05, 0) is 24.5 Å². The minimum Gasteiger partial charge on any atom is -0.388 e. The summed E-state index contributed by atoms with van der Waals surface area (Å²) >= 11 is 0. The van der Waals surface area contributed by atoms with Gasteiger partial charge < -0.3 is 9.84 Å². The number of rotatable bonds is 5. The van der Waals surface area contributed by atoms with Crippen molar-refractivity contribution in [3.8, 4) is 0 Å². The monoisotopic (exact) mass is 234 g/mol. The molecule has 2 heterocycles. The van der Waals surface area contributed by atoms with E-state index in [1.54, 1.807) is 17.8 Å². The van der Waals surface area contributed by atoms with Gasteiger partial charge in [-0.15, -0.1) is 0 Å². The molecule has 4 heteroatoms. The maximum absolute atomic E-state index is 10.3. The van der Waals surface area contributed by atoms with Crippen molar-refractivity contribution in [3.05, 3.63) is 36.2 Å². The molecule has 0 radical (unpaired) electrons. The van der Waals surface area contributed by atoms with E-state index >= 15 is 0 Å². The fourth-order valence-electron chi connectivity index (χ4n) is 1.95. The van der Waals surface area contributed by atoms with Crippen LogP contribution in [0.15, 0.2) is 30.6 Å². The third-order valence-electron chi connectivity index (χ3n) is 3.09. The van der Waals surface area contributed by atoms with Gasteiger partial charge in [0.05, 0.1) is 17.8 Å². The van der Waals surface area contributed by atoms with E-state index in [0.29, 0.717) is 6.61 Å². The zero-order valence-corrected chi connectivity index (χ0v) is 10.2. The maximum atomic E-state index is 10.3. The van der Waals surface area contributed by atoms with E-state index < -0.39 is 6.10 Å². The summed E-state index contributed by atoms with van der Waals surface area (Å²) in [6.45, 7) is 2.69. The molecule has 0 spiro atoms. The average molecular weight is 234 g/mol. The van der Waals surface area contributed by atoms with E-state index in [-0.39, 0.29) is 5.92 Å². The van der Waals surface area contributed by atoms with Crippen LogP contribution in [0.25, 0.3) is 5.52 Å². The second-order valence-electron chi connectivity index (χ2n) is 4.33. The van der Waals surface area contributed by atoms with Crippen LogP contribution in [0.2, 0.25) is 0 Å². The Hall–Kier alpha value is -1.39. The highest BCUT2D eigenvalue weighted by Crippen LogP contribution is 2.27. The van der Waals surface area contributed by atoms with Gasteiger partial charge in [-0.3, -0.25) is 0 Å². The number of aromatic nitrogens is 2. The summed E-state index contributed by atoms with van der Waals surface area (Å²) in [5.41, 5.74) is 1.85. The Labute approximate surface area is 101 Å². The van der Waals surface area contributed by atoms with Crippen molar-refractivity contribution in [3.63, 3.8) is 0 Å². The smallest absolute Gasteiger partial charge is 0.0853 e. The number of hydrogen-bond acceptors (Lipinski definition) is 3. The SMILES string of the molecule is COCCC(C)C(O)c1cnn2ccccc12. The minimum absolute atomic E-state index is 0.156. The molecule has 0 aromatic carbocycles. The molecule has 2 atom stereocenters. The normalized spacial score (nSPS) is 15.0. The molecular weight excluding hydrogens is 216 g/mol. The van der Waals surface area contributed by atoms with Crippen molar-refractivity contribution in [1.29, 1.82) is 0 Å². The lowest BCUT2D eigenvalue weighted by Crippen LogP contribution is -2.11. The second-order valence-corrected chi connectivity index (χ2v) is 4.33. The van der Waals surface area contributed by atoms with Gasteiger partial charge >= 0.3 is 0 Å². The molecule has 92 valence electrons. The van der Waals surface area contributed by atoms with Crippen LogP contribution in [0, 0.1) is 5.92 Å². The third kappa shape index (κ3) is 2.48. The number of pyridine rings is 1. The van der Waals surface area contributed by atoms with Crippen LogP contribution in [-0.4, -0.2) is 28.4 Å². The number of hydrogen-bond donors (Lipinski definition) is 1. The van der Waals surface area contributed by atoms with E-state index in [0.717, 1.165) is 17.5 Å². The topological polar surface area (TPSA) is 46.8 Å². The largest absolute Gasteiger partial charge is 0.388 e. The summed E-state index contributed by atoms with van der Waals surface area (Å²) < 4.78 is 6.81. The number of aliphatic hydroxyl groups excluding tert-OH is 1. The van der Waals surface area contributed by atoms with Crippen molar-refractivity contribution in [2.45, 2.75) is 19.4 Å². The van der Waals surface area contributed by atoms with Crippen LogP contribution in [-0.2, 0) is 4.74 Å². The van der Waals surface area contributed by atoms with Crippen molar-refractivity contribution < 1.29 is 9.84 Å². The fraction of sp³-hybridized carbons (Fsp3) is 0.462. The van der Waals surface area contributed by atoms with Crippen LogP contribution < -0.4 is 0 Å². The molecule has 2 unspecified atom stereocenters. The maximum Gasteiger partial charge on any atom is 0.0853 e. The second kappa shape index (κ2) is 5.29. The van der Waals surface area contributed by atoms with Crippen LogP contribution >= 0.6 is 0 Å². The summed E-state index contributed by atoms with van der Waals surface area (Å²) in [6, 6.07) is 5.84. The Morgan fingerprint density at radius 1 is 1.47 bits per heavy atom. The van der Waals surface area contributed by atoms with Crippen LogP contribution in [0.1, 0.15) is 25.0 Å². The highest BCUT2D eigenvalue weighted by atomic mass is 16.5. The molecule has 2 aromatic heterocycles. The van der Waals surface area contributed by atoms with E-state index in [2.05, 4.69) is 5.10 Å². The third-order valence-corrected chi connectivity index (χ3v) is 3.09. The van der Waals surface area contributed by atoms with Gasteiger partial charge in [0, 0.05) is 25.5 Å². The molecule has 0 bridgehead atoms. The first-order valence-corrected chi connectivity index (χ1v) is 5.83. The molecule has 2 aromatic rings. The molecule has 17 heavy (non-hydrogen) atoms. The Morgan fingerprint density at radius 3 is 3.06 bits per heavy atom. The van der Waals surface area contributed by atoms with Gasteiger partial charge in [0.1, 0.15) is 0 Å². The molecule has 0 fully saturated rings. The van der Waals surface area contributed by atoms with Crippen LogP contribution in [0.3, 0.4) is 0 Å². The predicted octanol–water partition coefficient (Wildman–Crippen LogP) is 2.04. The summed E-state index contributed by atoms with van der Waals surface area (Å²) in [5, 5.41) is 14.5. The molecular formula is C13H18N2O2. The number of ether oxygens (including phenoxy) is 1. The minimum atomic E-state index is -0.495. The Morgan fingerprint density at radius 2 is 2.29 bits per heavy atom. The van der Waals surface area contributed by atoms with E-state index in [1.807, 2.05) is 31.3 Å². The molecule has 4 nitrogen and oxygen atoms in total. The first-order chi connectivity index (χ1) is 8.24. The number of methoxy groups -OCH3 is 1. The lowest BCUT2D eigenvalue weighted by Gasteiger charge is -2.17. The van der Waals surface area contributed by atoms with Gasteiger partial charge in [0.25, 0.3) is 0 Å². The zero-order chi connectivity index (χ0) is 12.3. The van der Waals surface area contributed by atoms with E-state index in [9.17, 15) is 5.11 Å². The Kier molecular flexibility index (Phi) is 3.76. The number of aliphatic hydroxyl groups is 1. The van der Waals surface area contributed by atoms with Gasteiger partial charge in [-0.1, -0.05) is 13.0 Å². The highest BCUT2D eigenvalue weighted by Gasteiger charge is 2.19. The lowest BCUT2D eigenvalue weighted by molar-refractivity contribution is 0.0896. The lowest BCUT2D eigenvalue weighted by atomic mass is 9.96. The van der Waals surface area contributed by atoms with Crippen molar-refractivity contribution >= 4 is 5.52 Å². The average Bonchev–Trinajstić information content (AvgIpc) is 2.78. The number of nitrogens with zero attached hydrogens (tertiary/aromatic N) is 2. The molecule has 0 saturated heterocycles. The van der Waals surface area contributed by atoms with Crippen LogP contribution in [0.5, 0.6) is 0 Å². The van der Waals surface area contributed by atoms with Crippen LogP contribution in [0.4, 0.5) is 0 Å². The molecule has 0 aliphatic rings. The zero-order valence-electron chi connectivity index (χ0n) is 10.2. The summed E-state index contributed by atoms with van der Waals surface area (Å²) in [7, 11) is 1.68. The molecule has 2 rings (SSSR count). The highest BCUT2D eigenvalue weighted by molar-refractivity contribution is 5.54. The van der Waals surface area contributed by atoms with Crippen molar-refractivity contribution in [1.82, 2.24) is 9.61 Å². The molecule has 1 N–H and O–H groups in total. The summed E-state index contributed by atoms with van der Waals surface area (Å²) in [6.07, 6.45) is 3.96. The molecule has 0 aliphatic heterocycles. The standard InChI is InChI=1S/C13H18N2O2/c1-10(6-8-17-2)13(16)11-9-14-15-7-4-3-5-12(11)15/h3-5,7,9-10,13,16H,6,8H2,1-2H3. The Balaban J connectivity index is 2.21. The summed E-state index contributed by atoms with van der Waals surface area (Å²) in [5.74, 6) is 0.156. The Bertz CT molecular complexity index is 481. The first-order valence-electron chi connectivity index (χ1n) is 5.83. The van der Waals surface area contributed by atoms with Gasteiger partial charge in [-0.2, -0.15) is 5.10 Å². The number of fused-ring (bicyclic) bond motifs is 1. The predicted molar refractivity (Wildman–Crippen MR) is 65.8 cm³/mol. The van der Waals surface area contributed by atoms with E-state index in [4.69, 9.17) is 4.74 Å². The van der Waals surface area contributed by atoms with E-state index in [1.165, 1.54) is 0 Å². The molecule has 0 saturated carbocycles.